The first-order chi connectivity index (χ1) is 3.81. The van der Waals surface area contributed by atoms with Crippen LogP contribution >= 0.6 is 0 Å². The zero-order valence-corrected chi connectivity index (χ0v) is 7.63. The number of ether oxygens (including phenoxy) is 1. The van der Waals surface area contributed by atoms with Crippen LogP contribution in [0, 0.1) is 0 Å². The molecule has 0 bridgehead atoms. The summed E-state index contributed by atoms with van der Waals surface area (Å²) in [5, 5.41) is 7.98. The smallest absolute Gasteiger partial charge is 1.00 e. The summed E-state index contributed by atoms with van der Waals surface area (Å²) in [6.45, 7) is 2.03. The van der Waals surface area contributed by atoms with Crippen molar-refractivity contribution < 1.29 is 45.6 Å². The van der Waals surface area contributed by atoms with Gasteiger partial charge < -0.3 is 11.3 Å². The minimum absolute atomic E-state index is 0. The summed E-state index contributed by atoms with van der Waals surface area (Å²) >= 11 is 0. The Morgan fingerprint density at radius 1 is 1.89 bits per heavy atom. The SMILES string of the molecule is CCOC(=O)C=CO.[H-].[Na+]. The second-order valence-electron chi connectivity index (χ2n) is 1.07. The molecule has 0 aliphatic carbocycles. The van der Waals surface area contributed by atoms with Crippen LogP contribution in [0.15, 0.2) is 12.3 Å². The second-order valence-corrected chi connectivity index (χ2v) is 1.07. The third kappa shape index (κ3) is 8.01. The Morgan fingerprint density at radius 2 is 2.44 bits per heavy atom. The number of hydrogen-bond acceptors (Lipinski definition) is 3. The van der Waals surface area contributed by atoms with Crippen molar-refractivity contribution in [2.24, 2.45) is 0 Å². The molecule has 0 aromatic rings. The minimum Gasteiger partial charge on any atom is -1.00 e. The van der Waals surface area contributed by atoms with E-state index in [1.54, 1.807) is 6.92 Å². The van der Waals surface area contributed by atoms with Crippen molar-refractivity contribution >= 4 is 5.97 Å². The second kappa shape index (κ2) is 8.01. The van der Waals surface area contributed by atoms with Gasteiger partial charge in [-0.1, -0.05) is 0 Å². The Hall–Kier alpha value is 0.0100. The first kappa shape index (κ1) is 11.8. The third-order valence-corrected chi connectivity index (χ3v) is 0.497. The molecule has 0 unspecified atom stereocenters. The van der Waals surface area contributed by atoms with Crippen LogP contribution < -0.4 is 29.6 Å². The Kier molecular flexibility index (Phi) is 10.5. The first-order valence-electron chi connectivity index (χ1n) is 2.28. The van der Waals surface area contributed by atoms with E-state index >= 15 is 0 Å². The van der Waals surface area contributed by atoms with Gasteiger partial charge >= 0.3 is 35.5 Å². The van der Waals surface area contributed by atoms with E-state index in [4.69, 9.17) is 5.11 Å². The molecular formula is C5H9NaO3. The number of aliphatic hydroxyl groups excluding tert-OH is 1. The van der Waals surface area contributed by atoms with Gasteiger partial charge in [0.2, 0.25) is 0 Å². The van der Waals surface area contributed by atoms with Gasteiger partial charge in [0.15, 0.2) is 0 Å². The van der Waals surface area contributed by atoms with Crippen molar-refractivity contribution in [2.45, 2.75) is 6.92 Å². The van der Waals surface area contributed by atoms with Crippen LogP contribution in [-0.2, 0) is 9.53 Å². The molecule has 4 heteroatoms. The molecule has 3 nitrogen and oxygen atoms in total. The van der Waals surface area contributed by atoms with E-state index in [0.29, 0.717) is 12.9 Å². The van der Waals surface area contributed by atoms with Gasteiger partial charge in [0.05, 0.1) is 18.9 Å². The van der Waals surface area contributed by atoms with Crippen molar-refractivity contribution in [3.63, 3.8) is 0 Å². The fourth-order valence-corrected chi connectivity index (χ4v) is 0.251. The minimum atomic E-state index is -0.519. The van der Waals surface area contributed by atoms with Crippen LogP contribution in [0.25, 0.3) is 0 Å². The Bertz CT molecular complexity index is 105. The fraction of sp³-hybridized carbons (Fsp3) is 0.400. The maximum absolute atomic E-state index is 10.2. The molecule has 0 aromatic heterocycles. The summed E-state index contributed by atoms with van der Waals surface area (Å²) < 4.78 is 4.40. The topological polar surface area (TPSA) is 46.5 Å². The molecule has 0 aliphatic heterocycles. The maximum Gasteiger partial charge on any atom is 1.00 e. The third-order valence-electron chi connectivity index (χ3n) is 0.497. The summed E-state index contributed by atoms with van der Waals surface area (Å²) in [6.07, 6.45) is 1.60. The number of rotatable bonds is 2. The van der Waals surface area contributed by atoms with E-state index in [2.05, 4.69) is 4.74 Å². The quantitative estimate of drug-likeness (QED) is 0.204. The molecule has 0 saturated heterocycles. The average molecular weight is 140 g/mol. The molecule has 1 N–H and O–H groups in total. The van der Waals surface area contributed by atoms with Crippen LogP contribution in [0.5, 0.6) is 0 Å². The van der Waals surface area contributed by atoms with Crippen molar-refractivity contribution in [3.8, 4) is 0 Å². The van der Waals surface area contributed by atoms with E-state index in [1.165, 1.54) is 0 Å². The average Bonchev–Trinajstić information content (AvgIpc) is 1.68. The molecule has 48 valence electrons. The predicted octanol–water partition coefficient (Wildman–Crippen LogP) is -2.26. The van der Waals surface area contributed by atoms with Gasteiger partial charge in [-0.3, -0.25) is 0 Å². The summed E-state index contributed by atoms with van der Waals surface area (Å²) in [6, 6.07) is 0. The molecule has 0 radical (unpaired) electrons. The summed E-state index contributed by atoms with van der Waals surface area (Å²) in [5.41, 5.74) is 0. The van der Waals surface area contributed by atoms with E-state index in [9.17, 15) is 4.79 Å². The van der Waals surface area contributed by atoms with Crippen LogP contribution in [0.2, 0.25) is 0 Å². The normalized spacial score (nSPS) is 8.56. The standard InChI is InChI=1S/C5H8O3.Na.H/c1-2-8-5(7)3-4-6;;/h3-4,6H,2H2,1H3;;/q;+1;-1. The number of esters is 1. The van der Waals surface area contributed by atoms with Gasteiger partial charge in [-0.2, -0.15) is 0 Å². The van der Waals surface area contributed by atoms with Crippen LogP contribution in [0.1, 0.15) is 8.35 Å². The summed E-state index contributed by atoms with van der Waals surface area (Å²) in [7, 11) is 0. The van der Waals surface area contributed by atoms with Crippen molar-refractivity contribution in [3.05, 3.63) is 12.3 Å². The van der Waals surface area contributed by atoms with Gasteiger partial charge in [-0.05, 0) is 6.92 Å². The van der Waals surface area contributed by atoms with E-state index in [0.717, 1.165) is 6.08 Å². The Balaban J connectivity index is -0.000000245. The number of carbonyl (C=O) groups is 1. The first-order valence-corrected chi connectivity index (χ1v) is 2.28. The van der Waals surface area contributed by atoms with Gasteiger partial charge in [0.1, 0.15) is 0 Å². The van der Waals surface area contributed by atoms with E-state index < -0.39 is 5.97 Å². The van der Waals surface area contributed by atoms with E-state index in [-0.39, 0.29) is 31.0 Å². The fourth-order valence-electron chi connectivity index (χ4n) is 0.251. The van der Waals surface area contributed by atoms with Crippen LogP contribution in [-0.4, -0.2) is 17.7 Å². The van der Waals surface area contributed by atoms with Gasteiger partial charge in [0, 0.05) is 0 Å². The van der Waals surface area contributed by atoms with E-state index in [1.807, 2.05) is 0 Å². The molecule has 0 heterocycles. The van der Waals surface area contributed by atoms with Crippen LogP contribution in [0.4, 0.5) is 0 Å². The largest absolute Gasteiger partial charge is 1.00 e. The molecule has 0 fully saturated rings. The van der Waals surface area contributed by atoms with Crippen molar-refractivity contribution in [2.75, 3.05) is 6.61 Å². The zero-order valence-electron chi connectivity index (χ0n) is 6.63. The van der Waals surface area contributed by atoms with Crippen molar-refractivity contribution in [1.29, 1.82) is 0 Å². The molecule has 9 heavy (non-hydrogen) atoms. The predicted molar refractivity (Wildman–Crippen MR) is 29.5 cm³/mol. The van der Waals surface area contributed by atoms with Gasteiger partial charge in [0.25, 0.3) is 0 Å². The molecule has 0 atom stereocenters. The Morgan fingerprint density at radius 3 is 2.78 bits per heavy atom. The molecule has 0 aromatic carbocycles. The molecule has 0 spiro atoms. The number of carbonyl (C=O) groups excluding carboxylic acids is 1. The maximum atomic E-state index is 10.2. The summed E-state index contributed by atoms with van der Waals surface area (Å²) in [5.74, 6) is -0.519. The monoisotopic (exact) mass is 140 g/mol. The van der Waals surface area contributed by atoms with Gasteiger partial charge in [-0.25, -0.2) is 4.79 Å². The zero-order chi connectivity index (χ0) is 6.41. The van der Waals surface area contributed by atoms with Crippen LogP contribution in [0.3, 0.4) is 0 Å². The molecule has 0 aliphatic rings. The van der Waals surface area contributed by atoms with Crippen molar-refractivity contribution in [1.82, 2.24) is 0 Å². The Labute approximate surface area is 77.5 Å². The number of hydrogen-bond donors (Lipinski definition) is 1. The summed E-state index contributed by atoms with van der Waals surface area (Å²) in [4.78, 5) is 10.2. The van der Waals surface area contributed by atoms with Gasteiger partial charge in [-0.15, -0.1) is 0 Å². The molecule has 0 saturated carbocycles. The molecule has 0 rings (SSSR count). The molecule has 0 amide bonds. The number of aliphatic hydroxyl groups is 1. The molecular weight excluding hydrogens is 131 g/mol.